The van der Waals surface area contributed by atoms with Gasteiger partial charge in [-0.15, -0.1) is 10.2 Å². The Kier molecular flexibility index (Phi) is 5.34. The quantitative estimate of drug-likeness (QED) is 0.418. The van der Waals surface area contributed by atoms with E-state index in [4.69, 9.17) is 4.74 Å². The summed E-state index contributed by atoms with van der Waals surface area (Å²) >= 11 is 1.46. The smallest absolute Gasteiger partial charge is 0.338 e. The number of ether oxygens (including phenoxy) is 1. The van der Waals surface area contributed by atoms with Crippen molar-refractivity contribution in [2.75, 3.05) is 11.9 Å². The van der Waals surface area contributed by atoms with Crippen molar-refractivity contribution >= 4 is 38.5 Å². The predicted octanol–water partition coefficient (Wildman–Crippen LogP) is 5.55. The fraction of sp³-hybridized carbons (Fsp3) is 0.250. The van der Waals surface area contributed by atoms with Crippen molar-refractivity contribution in [2.24, 2.45) is 0 Å². The van der Waals surface area contributed by atoms with Crippen LogP contribution in [0.5, 0.6) is 0 Å². The Morgan fingerprint density at radius 1 is 1.03 bits per heavy atom. The standard InChI is InChI=1S/C24H22N4O2S/c1-2-30-23(29)18-9-10-20-21(14-18)31-24(25-20)26-22-12-11-19(27-28-22)17-8-7-15-5-3-4-6-16(15)13-17/h7-14H,2-6H2,1H3,(H,25,26,28). The summed E-state index contributed by atoms with van der Waals surface area (Å²) < 4.78 is 5.98. The monoisotopic (exact) mass is 430 g/mol. The molecule has 0 unspecified atom stereocenters. The molecule has 1 aliphatic carbocycles. The molecular weight excluding hydrogens is 408 g/mol. The van der Waals surface area contributed by atoms with Crippen LogP contribution in [0.15, 0.2) is 48.5 Å². The van der Waals surface area contributed by atoms with Gasteiger partial charge in [0, 0.05) is 5.56 Å². The maximum atomic E-state index is 11.9. The molecule has 156 valence electrons. The molecule has 0 saturated carbocycles. The van der Waals surface area contributed by atoms with Crippen molar-refractivity contribution in [3.63, 3.8) is 0 Å². The Morgan fingerprint density at radius 3 is 2.71 bits per heavy atom. The maximum absolute atomic E-state index is 11.9. The zero-order valence-electron chi connectivity index (χ0n) is 17.2. The molecule has 6 nitrogen and oxygen atoms in total. The van der Waals surface area contributed by atoms with Crippen LogP contribution >= 0.6 is 11.3 Å². The van der Waals surface area contributed by atoms with Gasteiger partial charge in [-0.05, 0) is 80.1 Å². The third-order valence-corrected chi connectivity index (χ3v) is 6.38. The zero-order chi connectivity index (χ0) is 21.2. The number of carbonyl (C=O) groups excluding carboxylic acids is 1. The number of aryl methyl sites for hydroxylation is 2. The van der Waals surface area contributed by atoms with Gasteiger partial charge in [-0.2, -0.15) is 0 Å². The number of thiazole rings is 1. The molecule has 0 aliphatic heterocycles. The van der Waals surface area contributed by atoms with Crippen molar-refractivity contribution in [1.29, 1.82) is 0 Å². The molecule has 0 spiro atoms. The number of rotatable bonds is 5. The molecule has 7 heteroatoms. The molecule has 31 heavy (non-hydrogen) atoms. The second kappa shape index (κ2) is 8.43. The van der Waals surface area contributed by atoms with Crippen molar-refractivity contribution in [3.8, 4) is 11.3 Å². The van der Waals surface area contributed by atoms with Gasteiger partial charge in [0.1, 0.15) is 0 Å². The molecule has 2 aromatic heterocycles. The lowest BCUT2D eigenvalue weighted by Crippen LogP contribution is -2.03. The van der Waals surface area contributed by atoms with E-state index in [0.29, 0.717) is 23.1 Å². The number of fused-ring (bicyclic) bond motifs is 2. The highest BCUT2D eigenvalue weighted by molar-refractivity contribution is 7.22. The molecule has 0 atom stereocenters. The number of carbonyl (C=O) groups is 1. The second-order valence-corrected chi connectivity index (χ2v) is 8.57. The lowest BCUT2D eigenvalue weighted by Gasteiger charge is -2.16. The number of nitrogens with one attached hydrogen (secondary N) is 1. The lowest BCUT2D eigenvalue weighted by atomic mass is 9.90. The molecule has 5 rings (SSSR count). The van der Waals surface area contributed by atoms with Crippen LogP contribution in [0.3, 0.4) is 0 Å². The van der Waals surface area contributed by atoms with Crippen LogP contribution in [0.4, 0.5) is 10.9 Å². The number of esters is 1. The molecule has 0 radical (unpaired) electrons. The molecule has 1 aliphatic rings. The minimum atomic E-state index is -0.323. The maximum Gasteiger partial charge on any atom is 0.338 e. The Hall–Kier alpha value is -3.32. The van der Waals surface area contributed by atoms with Gasteiger partial charge >= 0.3 is 5.97 Å². The summed E-state index contributed by atoms with van der Waals surface area (Å²) in [6.07, 6.45) is 4.86. The fourth-order valence-corrected chi connectivity index (χ4v) is 4.79. The van der Waals surface area contributed by atoms with Crippen molar-refractivity contribution in [1.82, 2.24) is 15.2 Å². The van der Waals surface area contributed by atoms with Crippen molar-refractivity contribution in [3.05, 3.63) is 65.2 Å². The van der Waals surface area contributed by atoms with Crippen LogP contribution < -0.4 is 5.32 Å². The summed E-state index contributed by atoms with van der Waals surface area (Å²) in [6, 6.07) is 15.9. The number of hydrogen-bond donors (Lipinski definition) is 1. The van der Waals surface area contributed by atoms with E-state index in [0.717, 1.165) is 27.9 Å². The number of benzene rings is 2. The van der Waals surface area contributed by atoms with Gasteiger partial charge in [0.15, 0.2) is 10.9 Å². The van der Waals surface area contributed by atoms with Gasteiger partial charge in [-0.3, -0.25) is 0 Å². The number of anilines is 2. The van der Waals surface area contributed by atoms with Crippen LogP contribution in [-0.2, 0) is 17.6 Å². The van der Waals surface area contributed by atoms with Crippen molar-refractivity contribution < 1.29 is 9.53 Å². The van der Waals surface area contributed by atoms with E-state index >= 15 is 0 Å². The van der Waals surface area contributed by atoms with E-state index in [1.165, 1.54) is 41.7 Å². The Labute approximate surface area is 184 Å². The third kappa shape index (κ3) is 4.14. The largest absolute Gasteiger partial charge is 0.462 e. The zero-order valence-corrected chi connectivity index (χ0v) is 18.0. The minimum absolute atomic E-state index is 0.323. The summed E-state index contributed by atoms with van der Waals surface area (Å²) in [4.78, 5) is 16.5. The number of aromatic nitrogens is 3. The molecule has 2 heterocycles. The van der Waals surface area contributed by atoms with E-state index in [1.807, 2.05) is 18.2 Å². The van der Waals surface area contributed by atoms with E-state index in [1.54, 1.807) is 19.1 Å². The topological polar surface area (TPSA) is 77.0 Å². The third-order valence-electron chi connectivity index (χ3n) is 5.44. The lowest BCUT2D eigenvalue weighted by molar-refractivity contribution is 0.0526. The minimum Gasteiger partial charge on any atom is -0.462 e. The first-order valence-corrected chi connectivity index (χ1v) is 11.3. The average molecular weight is 431 g/mol. The highest BCUT2D eigenvalue weighted by Gasteiger charge is 2.13. The van der Waals surface area contributed by atoms with Crippen LogP contribution in [0.2, 0.25) is 0 Å². The highest BCUT2D eigenvalue weighted by Crippen LogP contribution is 2.30. The first-order chi connectivity index (χ1) is 15.2. The Balaban J connectivity index is 1.33. The van der Waals surface area contributed by atoms with Gasteiger partial charge < -0.3 is 10.1 Å². The molecule has 0 fully saturated rings. The molecular formula is C24H22N4O2S. The normalized spacial score (nSPS) is 13.1. The van der Waals surface area contributed by atoms with Gasteiger partial charge in [0.2, 0.25) is 0 Å². The van der Waals surface area contributed by atoms with E-state index in [9.17, 15) is 4.79 Å². The molecule has 4 aromatic rings. The summed E-state index contributed by atoms with van der Waals surface area (Å²) in [6.45, 7) is 2.15. The summed E-state index contributed by atoms with van der Waals surface area (Å²) in [7, 11) is 0. The second-order valence-electron chi connectivity index (χ2n) is 7.54. The first kappa shape index (κ1) is 19.6. The highest BCUT2D eigenvalue weighted by atomic mass is 32.1. The summed E-state index contributed by atoms with van der Waals surface area (Å²) in [5.74, 6) is 0.308. The summed E-state index contributed by atoms with van der Waals surface area (Å²) in [5.41, 5.74) is 6.21. The summed E-state index contributed by atoms with van der Waals surface area (Å²) in [5, 5.41) is 12.7. The SMILES string of the molecule is CCOC(=O)c1ccc2nc(Nc3ccc(-c4ccc5c(c4)CCCC5)nn3)sc2c1. The van der Waals surface area contributed by atoms with E-state index in [-0.39, 0.29) is 5.97 Å². The molecule has 0 amide bonds. The molecule has 2 aromatic carbocycles. The van der Waals surface area contributed by atoms with E-state index < -0.39 is 0 Å². The predicted molar refractivity (Wildman–Crippen MR) is 123 cm³/mol. The van der Waals surface area contributed by atoms with Crippen molar-refractivity contribution in [2.45, 2.75) is 32.6 Å². The first-order valence-electron chi connectivity index (χ1n) is 10.5. The fourth-order valence-electron chi connectivity index (χ4n) is 3.87. The van der Waals surface area contributed by atoms with Crippen LogP contribution in [0, 0.1) is 0 Å². The molecule has 1 N–H and O–H groups in total. The average Bonchev–Trinajstić information content (AvgIpc) is 3.21. The van der Waals surface area contributed by atoms with Crippen LogP contribution in [-0.4, -0.2) is 27.8 Å². The molecule has 0 bridgehead atoms. The van der Waals surface area contributed by atoms with Gasteiger partial charge in [0.25, 0.3) is 0 Å². The molecule has 0 saturated heterocycles. The number of nitrogens with zero attached hydrogens (tertiary/aromatic N) is 3. The Bertz CT molecular complexity index is 1250. The van der Waals surface area contributed by atoms with E-state index in [2.05, 4.69) is 38.7 Å². The van der Waals surface area contributed by atoms with Gasteiger partial charge in [-0.1, -0.05) is 23.5 Å². The van der Waals surface area contributed by atoms with Gasteiger partial charge in [0.05, 0.1) is 28.1 Å². The van der Waals surface area contributed by atoms with Crippen LogP contribution in [0.25, 0.3) is 21.5 Å². The van der Waals surface area contributed by atoms with Crippen LogP contribution in [0.1, 0.15) is 41.3 Å². The van der Waals surface area contributed by atoms with Gasteiger partial charge in [-0.25, -0.2) is 9.78 Å². The Morgan fingerprint density at radius 2 is 1.90 bits per heavy atom. The number of hydrogen-bond acceptors (Lipinski definition) is 7.